The van der Waals surface area contributed by atoms with E-state index in [-0.39, 0.29) is 5.75 Å². The molecule has 0 aliphatic heterocycles. The number of nitrogens with one attached hydrogen (secondary N) is 2. The molecule has 0 aromatic heterocycles. The maximum Gasteiger partial charge on any atom is 0.232 e. The molecule has 0 fully saturated rings. The van der Waals surface area contributed by atoms with Crippen LogP contribution in [-0.4, -0.2) is 41.0 Å². The number of anilines is 1. The molecule has 0 unspecified atom stereocenters. The first-order valence-corrected chi connectivity index (χ1v) is 8.49. The Labute approximate surface area is 126 Å². The van der Waals surface area contributed by atoms with Crippen LogP contribution in [0.3, 0.4) is 0 Å². The van der Waals surface area contributed by atoms with Gasteiger partial charge in [0.05, 0.1) is 25.7 Å². The SMILES string of the molecule is COc1ccc(NS(=O)(=O)CCCNC(C)C)c(OC)c1. The molecule has 0 atom stereocenters. The summed E-state index contributed by atoms with van der Waals surface area (Å²) in [5.41, 5.74) is 0.412. The van der Waals surface area contributed by atoms with Crippen LogP contribution >= 0.6 is 0 Å². The van der Waals surface area contributed by atoms with E-state index in [1.807, 2.05) is 13.8 Å². The normalized spacial score (nSPS) is 11.5. The van der Waals surface area contributed by atoms with Crippen LogP contribution in [0.1, 0.15) is 20.3 Å². The van der Waals surface area contributed by atoms with Crippen molar-refractivity contribution in [2.45, 2.75) is 26.3 Å². The van der Waals surface area contributed by atoms with E-state index in [0.29, 0.717) is 36.2 Å². The van der Waals surface area contributed by atoms with Gasteiger partial charge in [0.1, 0.15) is 11.5 Å². The molecule has 0 saturated heterocycles. The van der Waals surface area contributed by atoms with Gasteiger partial charge < -0.3 is 14.8 Å². The monoisotopic (exact) mass is 316 g/mol. The van der Waals surface area contributed by atoms with E-state index < -0.39 is 10.0 Å². The molecule has 2 N–H and O–H groups in total. The summed E-state index contributed by atoms with van der Waals surface area (Å²) in [6, 6.07) is 5.29. The van der Waals surface area contributed by atoms with E-state index in [2.05, 4.69) is 10.0 Å². The smallest absolute Gasteiger partial charge is 0.232 e. The average molecular weight is 316 g/mol. The Hall–Kier alpha value is -1.47. The van der Waals surface area contributed by atoms with E-state index >= 15 is 0 Å². The molecule has 0 bridgehead atoms. The van der Waals surface area contributed by atoms with Crippen LogP contribution in [-0.2, 0) is 10.0 Å². The largest absolute Gasteiger partial charge is 0.497 e. The zero-order valence-corrected chi connectivity index (χ0v) is 13.8. The molecule has 0 heterocycles. The molecule has 21 heavy (non-hydrogen) atoms. The summed E-state index contributed by atoms with van der Waals surface area (Å²) in [7, 11) is -0.368. The second kappa shape index (κ2) is 8.09. The Morgan fingerprint density at radius 1 is 1.19 bits per heavy atom. The van der Waals surface area contributed by atoms with Gasteiger partial charge in [0.25, 0.3) is 0 Å². The third-order valence-electron chi connectivity index (χ3n) is 2.82. The van der Waals surface area contributed by atoms with Gasteiger partial charge in [-0.15, -0.1) is 0 Å². The van der Waals surface area contributed by atoms with Crippen LogP contribution in [0.2, 0.25) is 0 Å². The van der Waals surface area contributed by atoms with Crippen molar-refractivity contribution in [3.8, 4) is 11.5 Å². The molecule has 7 heteroatoms. The summed E-state index contributed by atoms with van der Waals surface area (Å²) in [4.78, 5) is 0. The first kappa shape index (κ1) is 17.6. The van der Waals surface area contributed by atoms with Crippen LogP contribution in [0.25, 0.3) is 0 Å². The highest BCUT2D eigenvalue weighted by molar-refractivity contribution is 7.92. The molecule has 1 aromatic rings. The van der Waals surface area contributed by atoms with Crippen molar-refractivity contribution in [1.29, 1.82) is 0 Å². The molecule has 6 nitrogen and oxygen atoms in total. The van der Waals surface area contributed by atoms with Crippen LogP contribution < -0.4 is 19.5 Å². The molecule has 0 aliphatic rings. The lowest BCUT2D eigenvalue weighted by molar-refractivity contribution is 0.395. The van der Waals surface area contributed by atoms with E-state index in [0.717, 1.165) is 0 Å². The summed E-state index contributed by atoms with van der Waals surface area (Å²) < 4.78 is 36.9. The predicted octanol–water partition coefficient (Wildman–Crippen LogP) is 1.83. The number of rotatable bonds is 9. The third-order valence-corrected chi connectivity index (χ3v) is 4.17. The number of ether oxygens (including phenoxy) is 2. The average Bonchev–Trinajstić information content (AvgIpc) is 2.43. The Morgan fingerprint density at radius 3 is 2.48 bits per heavy atom. The molecule has 0 amide bonds. The minimum Gasteiger partial charge on any atom is -0.497 e. The molecule has 0 radical (unpaired) electrons. The highest BCUT2D eigenvalue weighted by Crippen LogP contribution is 2.29. The zero-order chi connectivity index (χ0) is 15.9. The molecule has 1 aromatic carbocycles. The van der Waals surface area contributed by atoms with Crippen molar-refractivity contribution in [1.82, 2.24) is 5.32 Å². The number of sulfonamides is 1. The van der Waals surface area contributed by atoms with Gasteiger partial charge in [0.15, 0.2) is 0 Å². The fourth-order valence-electron chi connectivity index (χ4n) is 1.75. The summed E-state index contributed by atoms with van der Waals surface area (Å²) in [5, 5.41) is 3.19. The maximum atomic E-state index is 12.0. The van der Waals surface area contributed by atoms with Gasteiger partial charge >= 0.3 is 0 Å². The summed E-state index contributed by atoms with van der Waals surface area (Å²) in [5.74, 6) is 1.09. The zero-order valence-electron chi connectivity index (χ0n) is 13.0. The minimum absolute atomic E-state index is 0.0574. The van der Waals surface area contributed by atoms with Crippen LogP contribution in [0.15, 0.2) is 18.2 Å². The van der Waals surface area contributed by atoms with Gasteiger partial charge in [-0.1, -0.05) is 13.8 Å². The van der Waals surface area contributed by atoms with Gasteiger partial charge in [-0.05, 0) is 25.1 Å². The third kappa shape index (κ3) is 6.22. The van der Waals surface area contributed by atoms with Crippen LogP contribution in [0.5, 0.6) is 11.5 Å². The van der Waals surface area contributed by atoms with Gasteiger partial charge in [0.2, 0.25) is 10.0 Å². The van der Waals surface area contributed by atoms with Crippen molar-refractivity contribution in [3.05, 3.63) is 18.2 Å². The minimum atomic E-state index is -3.40. The van der Waals surface area contributed by atoms with Crippen LogP contribution in [0.4, 0.5) is 5.69 Å². The highest BCUT2D eigenvalue weighted by atomic mass is 32.2. The highest BCUT2D eigenvalue weighted by Gasteiger charge is 2.14. The Bertz CT molecular complexity index is 544. The fraction of sp³-hybridized carbons (Fsp3) is 0.571. The second-order valence-electron chi connectivity index (χ2n) is 4.95. The molecule has 0 saturated carbocycles. The Morgan fingerprint density at radius 2 is 1.90 bits per heavy atom. The lowest BCUT2D eigenvalue weighted by Crippen LogP contribution is -2.26. The number of benzene rings is 1. The molecule has 120 valence electrons. The lowest BCUT2D eigenvalue weighted by Gasteiger charge is -2.13. The number of methoxy groups -OCH3 is 2. The van der Waals surface area contributed by atoms with Crippen molar-refractivity contribution < 1.29 is 17.9 Å². The van der Waals surface area contributed by atoms with Crippen molar-refractivity contribution in [2.24, 2.45) is 0 Å². The van der Waals surface area contributed by atoms with E-state index in [9.17, 15) is 8.42 Å². The Kier molecular flexibility index (Phi) is 6.77. The van der Waals surface area contributed by atoms with Crippen molar-refractivity contribution in [2.75, 3.05) is 31.2 Å². The van der Waals surface area contributed by atoms with E-state index in [4.69, 9.17) is 9.47 Å². The quantitative estimate of drug-likeness (QED) is 0.680. The standard InChI is InChI=1S/C14H24N2O4S/c1-11(2)15-8-5-9-21(17,18)16-13-7-6-12(19-3)10-14(13)20-4/h6-7,10-11,15-16H,5,8-9H2,1-4H3. The molecular formula is C14H24N2O4S. The van der Waals surface area contributed by atoms with Crippen molar-refractivity contribution >= 4 is 15.7 Å². The Balaban J connectivity index is 2.66. The van der Waals surface area contributed by atoms with Gasteiger partial charge in [-0.25, -0.2) is 8.42 Å². The van der Waals surface area contributed by atoms with Gasteiger partial charge in [-0.3, -0.25) is 4.72 Å². The summed E-state index contributed by atoms with van der Waals surface area (Å²) in [6.07, 6.45) is 0.548. The number of hydrogen-bond acceptors (Lipinski definition) is 5. The fourth-order valence-corrected chi connectivity index (χ4v) is 2.88. The summed E-state index contributed by atoms with van der Waals surface area (Å²) >= 11 is 0. The topological polar surface area (TPSA) is 76.7 Å². The van der Waals surface area contributed by atoms with Gasteiger partial charge in [0, 0.05) is 12.1 Å². The first-order chi connectivity index (χ1) is 9.88. The maximum absolute atomic E-state index is 12.0. The molecule has 0 aliphatic carbocycles. The summed E-state index contributed by atoms with van der Waals surface area (Å²) in [6.45, 7) is 4.71. The second-order valence-corrected chi connectivity index (χ2v) is 6.79. The van der Waals surface area contributed by atoms with E-state index in [1.165, 1.54) is 7.11 Å². The van der Waals surface area contributed by atoms with Crippen LogP contribution in [0, 0.1) is 0 Å². The molecule has 0 spiro atoms. The predicted molar refractivity (Wildman–Crippen MR) is 84.7 cm³/mol. The molecular weight excluding hydrogens is 292 g/mol. The lowest BCUT2D eigenvalue weighted by atomic mass is 10.3. The first-order valence-electron chi connectivity index (χ1n) is 6.84. The molecule has 1 rings (SSSR count). The van der Waals surface area contributed by atoms with Crippen molar-refractivity contribution in [3.63, 3.8) is 0 Å². The van der Waals surface area contributed by atoms with Gasteiger partial charge in [-0.2, -0.15) is 0 Å². The number of hydrogen-bond donors (Lipinski definition) is 2. The van der Waals surface area contributed by atoms with E-state index in [1.54, 1.807) is 25.3 Å².